The molecule has 1 aromatic rings. The second-order valence-corrected chi connectivity index (χ2v) is 4.99. The number of aliphatic hydroxyl groups excluding tert-OH is 1. The minimum Gasteiger partial charge on any atom is -0.387 e. The first-order valence-electron chi connectivity index (χ1n) is 7.08. The summed E-state index contributed by atoms with van der Waals surface area (Å²) in [4.78, 5) is 11.7. The lowest BCUT2D eigenvalue weighted by Gasteiger charge is -2.22. The van der Waals surface area contributed by atoms with Crippen LogP contribution in [0, 0.1) is 0 Å². The normalized spacial score (nSPS) is 17.6. The average molecular weight is 278 g/mol. The number of hydrogen-bond acceptors (Lipinski definition) is 4. The van der Waals surface area contributed by atoms with Crippen LogP contribution in [0.1, 0.15) is 24.5 Å². The molecule has 5 nitrogen and oxygen atoms in total. The first-order valence-corrected chi connectivity index (χ1v) is 7.08. The first-order chi connectivity index (χ1) is 9.75. The first kappa shape index (κ1) is 15.0. The largest absolute Gasteiger partial charge is 0.387 e. The fraction of sp³-hybridized carbons (Fsp3) is 0.533. The van der Waals surface area contributed by atoms with Crippen LogP contribution in [0.3, 0.4) is 0 Å². The van der Waals surface area contributed by atoms with Gasteiger partial charge in [-0.3, -0.25) is 4.79 Å². The number of hydrogen-bond donors (Lipinski definition) is 3. The van der Waals surface area contributed by atoms with Crippen molar-refractivity contribution >= 4 is 5.91 Å². The van der Waals surface area contributed by atoms with Crippen molar-refractivity contribution in [3.63, 3.8) is 0 Å². The van der Waals surface area contributed by atoms with E-state index in [4.69, 9.17) is 4.74 Å². The van der Waals surface area contributed by atoms with Crippen LogP contribution < -0.4 is 10.6 Å². The van der Waals surface area contributed by atoms with Crippen LogP contribution in [0.15, 0.2) is 30.3 Å². The van der Waals surface area contributed by atoms with Crippen molar-refractivity contribution in [2.24, 2.45) is 0 Å². The summed E-state index contributed by atoms with van der Waals surface area (Å²) < 4.78 is 5.55. The number of nitrogens with one attached hydrogen (secondary N) is 2. The van der Waals surface area contributed by atoms with E-state index in [0.717, 1.165) is 31.5 Å². The Morgan fingerprint density at radius 1 is 1.35 bits per heavy atom. The minimum absolute atomic E-state index is 0.0617. The van der Waals surface area contributed by atoms with Crippen LogP contribution in [0.25, 0.3) is 0 Å². The predicted molar refractivity (Wildman–Crippen MR) is 76.3 cm³/mol. The summed E-state index contributed by atoms with van der Waals surface area (Å²) in [6.45, 7) is 2.16. The molecule has 1 aliphatic rings. The molecule has 5 heteroatoms. The Morgan fingerprint density at radius 2 is 2.05 bits per heavy atom. The molecule has 0 bridgehead atoms. The number of rotatable bonds is 6. The highest BCUT2D eigenvalue weighted by atomic mass is 16.5. The molecule has 0 aliphatic carbocycles. The van der Waals surface area contributed by atoms with E-state index in [9.17, 15) is 9.90 Å². The van der Waals surface area contributed by atoms with E-state index in [1.165, 1.54) is 0 Å². The summed E-state index contributed by atoms with van der Waals surface area (Å²) in [5.41, 5.74) is 0.798. The summed E-state index contributed by atoms with van der Waals surface area (Å²) >= 11 is 0. The predicted octanol–water partition coefficient (Wildman–Crippen LogP) is 0.605. The van der Waals surface area contributed by atoms with Gasteiger partial charge in [-0.05, 0) is 31.5 Å². The van der Waals surface area contributed by atoms with Gasteiger partial charge in [0.2, 0.25) is 5.91 Å². The third-order valence-corrected chi connectivity index (χ3v) is 3.41. The Labute approximate surface area is 119 Å². The third kappa shape index (κ3) is 4.92. The smallest absolute Gasteiger partial charge is 0.246 e. The number of amides is 1. The molecule has 3 N–H and O–H groups in total. The number of carbonyl (C=O) groups excluding carboxylic acids is 1. The van der Waals surface area contributed by atoms with Gasteiger partial charge in [0.1, 0.15) is 6.61 Å². The molecule has 1 aromatic carbocycles. The lowest BCUT2D eigenvalue weighted by atomic mass is 10.1. The summed E-state index contributed by atoms with van der Waals surface area (Å²) in [6.07, 6.45) is 1.37. The van der Waals surface area contributed by atoms with Gasteiger partial charge in [0.25, 0.3) is 0 Å². The molecule has 1 heterocycles. The van der Waals surface area contributed by atoms with E-state index in [1.54, 1.807) is 0 Å². The molecule has 0 spiro atoms. The zero-order valence-electron chi connectivity index (χ0n) is 11.5. The maximum Gasteiger partial charge on any atom is 0.246 e. The maximum atomic E-state index is 11.7. The van der Waals surface area contributed by atoms with Gasteiger partial charge >= 0.3 is 0 Å². The SMILES string of the molecule is O=C(COC1CCNCC1)NCC(O)c1ccccc1. The van der Waals surface area contributed by atoms with Crippen molar-refractivity contribution in [3.05, 3.63) is 35.9 Å². The minimum atomic E-state index is -0.681. The van der Waals surface area contributed by atoms with Gasteiger partial charge in [0, 0.05) is 6.54 Å². The number of piperidine rings is 1. The summed E-state index contributed by atoms with van der Waals surface area (Å²) in [5, 5.41) is 15.9. The molecule has 110 valence electrons. The van der Waals surface area contributed by atoms with Gasteiger partial charge in [0.05, 0.1) is 12.2 Å². The van der Waals surface area contributed by atoms with Crippen molar-refractivity contribution in [1.29, 1.82) is 0 Å². The van der Waals surface area contributed by atoms with E-state index >= 15 is 0 Å². The monoisotopic (exact) mass is 278 g/mol. The number of benzene rings is 1. The van der Waals surface area contributed by atoms with E-state index < -0.39 is 6.10 Å². The van der Waals surface area contributed by atoms with E-state index in [-0.39, 0.29) is 25.2 Å². The summed E-state index contributed by atoms with van der Waals surface area (Å²) in [7, 11) is 0. The molecule has 1 amide bonds. The molecule has 1 aliphatic heterocycles. The molecule has 1 fully saturated rings. The summed E-state index contributed by atoms with van der Waals surface area (Å²) in [5.74, 6) is -0.182. The number of aliphatic hydroxyl groups is 1. The van der Waals surface area contributed by atoms with Crippen LogP contribution in [0.5, 0.6) is 0 Å². The molecule has 2 rings (SSSR count). The Bertz CT molecular complexity index is 405. The van der Waals surface area contributed by atoms with Gasteiger partial charge in [-0.15, -0.1) is 0 Å². The van der Waals surface area contributed by atoms with Crippen LogP contribution in [0.4, 0.5) is 0 Å². The zero-order chi connectivity index (χ0) is 14.2. The van der Waals surface area contributed by atoms with Crippen LogP contribution in [-0.2, 0) is 9.53 Å². The van der Waals surface area contributed by atoms with E-state index in [0.29, 0.717) is 0 Å². The molecule has 0 saturated carbocycles. The second-order valence-electron chi connectivity index (χ2n) is 4.99. The maximum absolute atomic E-state index is 11.7. The molecule has 1 saturated heterocycles. The Balaban J connectivity index is 1.64. The molecule has 0 radical (unpaired) electrons. The molecule has 1 unspecified atom stereocenters. The highest BCUT2D eigenvalue weighted by molar-refractivity contribution is 5.77. The van der Waals surface area contributed by atoms with Gasteiger partial charge in [-0.2, -0.15) is 0 Å². The Hall–Kier alpha value is -1.43. The standard InChI is InChI=1S/C15H22N2O3/c18-14(12-4-2-1-3-5-12)10-17-15(19)11-20-13-6-8-16-9-7-13/h1-5,13-14,16,18H,6-11H2,(H,17,19). The Morgan fingerprint density at radius 3 is 2.75 bits per heavy atom. The lowest BCUT2D eigenvalue weighted by Crippen LogP contribution is -2.36. The average Bonchev–Trinajstić information content (AvgIpc) is 2.52. The van der Waals surface area contributed by atoms with Crippen LogP contribution in [-0.4, -0.2) is 43.4 Å². The zero-order valence-corrected chi connectivity index (χ0v) is 11.5. The van der Waals surface area contributed by atoms with Crippen molar-refractivity contribution in [1.82, 2.24) is 10.6 Å². The van der Waals surface area contributed by atoms with Crippen molar-refractivity contribution in [3.8, 4) is 0 Å². The van der Waals surface area contributed by atoms with Crippen molar-refractivity contribution < 1.29 is 14.6 Å². The third-order valence-electron chi connectivity index (χ3n) is 3.41. The molecule has 20 heavy (non-hydrogen) atoms. The topological polar surface area (TPSA) is 70.6 Å². The van der Waals surface area contributed by atoms with Crippen LogP contribution >= 0.6 is 0 Å². The van der Waals surface area contributed by atoms with Gasteiger partial charge < -0.3 is 20.5 Å². The second kappa shape index (κ2) is 7.99. The van der Waals surface area contributed by atoms with Crippen molar-refractivity contribution in [2.75, 3.05) is 26.2 Å². The van der Waals surface area contributed by atoms with Crippen LogP contribution in [0.2, 0.25) is 0 Å². The fourth-order valence-electron chi connectivity index (χ4n) is 2.21. The quantitative estimate of drug-likeness (QED) is 0.713. The molecule has 0 aromatic heterocycles. The summed E-state index contributed by atoms with van der Waals surface area (Å²) in [6, 6.07) is 9.29. The van der Waals surface area contributed by atoms with E-state index in [1.807, 2.05) is 30.3 Å². The number of carbonyl (C=O) groups is 1. The van der Waals surface area contributed by atoms with Gasteiger partial charge in [-0.1, -0.05) is 30.3 Å². The van der Waals surface area contributed by atoms with E-state index in [2.05, 4.69) is 10.6 Å². The van der Waals surface area contributed by atoms with Gasteiger partial charge in [0.15, 0.2) is 0 Å². The molecule has 1 atom stereocenters. The highest BCUT2D eigenvalue weighted by Gasteiger charge is 2.15. The fourth-order valence-corrected chi connectivity index (χ4v) is 2.21. The number of ether oxygens (including phenoxy) is 1. The van der Waals surface area contributed by atoms with Gasteiger partial charge in [-0.25, -0.2) is 0 Å². The molecular weight excluding hydrogens is 256 g/mol. The molecular formula is C15H22N2O3. The highest BCUT2D eigenvalue weighted by Crippen LogP contribution is 2.10. The lowest BCUT2D eigenvalue weighted by molar-refractivity contribution is -0.128. The van der Waals surface area contributed by atoms with Crippen molar-refractivity contribution in [2.45, 2.75) is 25.0 Å². The Kier molecular flexibility index (Phi) is 5.98.